The van der Waals surface area contributed by atoms with E-state index >= 15 is 0 Å². The van der Waals surface area contributed by atoms with Crippen LogP contribution in [0.25, 0.3) is 0 Å². The van der Waals surface area contributed by atoms with E-state index < -0.39 is 0 Å². The molecule has 21 heavy (non-hydrogen) atoms. The Morgan fingerprint density at radius 2 is 2.10 bits per heavy atom. The van der Waals surface area contributed by atoms with Crippen LogP contribution >= 0.6 is 11.3 Å². The molecule has 112 valence electrons. The van der Waals surface area contributed by atoms with Gasteiger partial charge in [-0.25, -0.2) is 4.98 Å². The van der Waals surface area contributed by atoms with E-state index in [-0.39, 0.29) is 5.91 Å². The van der Waals surface area contributed by atoms with Crippen molar-refractivity contribution in [3.63, 3.8) is 0 Å². The van der Waals surface area contributed by atoms with Crippen molar-refractivity contribution in [2.45, 2.75) is 19.8 Å². The van der Waals surface area contributed by atoms with E-state index in [2.05, 4.69) is 22.4 Å². The highest BCUT2D eigenvalue weighted by atomic mass is 32.1. The van der Waals surface area contributed by atoms with Crippen molar-refractivity contribution in [2.24, 2.45) is 0 Å². The van der Waals surface area contributed by atoms with E-state index in [0.717, 1.165) is 17.8 Å². The fourth-order valence-electron chi connectivity index (χ4n) is 1.87. The van der Waals surface area contributed by atoms with Crippen molar-refractivity contribution < 1.29 is 9.53 Å². The highest BCUT2D eigenvalue weighted by Gasteiger charge is 2.07. The Kier molecular flexibility index (Phi) is 6.37. The largest absolute Gasteiger partial charge is 0.381 e. The first-order valence-corrected chi connectivity index (χ1v) is 7.95. The molecule has 0 fully saturated rings. The average Bonchev–Trinajstić information content (AvgIpc) is 2.94. The quantitative estimate of drug-likeness (QED) is 0.763. The molecule has 0 atom stereocenters. The van der Waals surface area contributed by atoms with Gasteiger partial charge in [-0.05, 0) is 25.3 Å². The predicted octanol–water partition coefficient (Wildman–Crippen LogP) is 2.83. The summed E-state index contributed by atoms with van der Waals surface area (Å²) in [4.78, 5) is 15.9. The summed E-state index contributed by atoms with van der Waals surface area (Å²) in [7, 11) is 0. The fourth-order valence-corrected chi connectivity index (χ4v) is 2.46. The molecule has 1 aromatic carbocycles. The normalized spacial score (nSPS) is 10.5. The highest BCUT2D eigenvalue weighted by molar-refractivity contribution is 7.09. The van der Waals surface area contributed by atoms with Crippen LogP contribution in [0.5, 0.6) is 0 Å². The minimum absolute atomic E-state index is 0.108. The van der Waals surface area contributed by atoms with E-state index in [4.69, 9.17) is 4.74 Å². The number of hydrogen-bond donors (Lipinski definition) is 1. The lowest BCUT2D eigenvalue weighted by atomic mass is 10.2. The number of hydrogen-bond acceptors (Lipinski definition) is 4. The van der Waals surface area contributed by atoms with Crippen molar-refractivity contribution in [1.82, 2.24) is 10.3 Å². The summed E-state index contributed by atoms with van der Waals surface area (Å²) >= 11 is 1.48. The number of aromatic nitrogens is 1. The number of carbonyl (C=O) groups is 1. The lowest BCUT2D eigenvalue weighted by Gasteiger charge is -2.05. The van der Waals surface area contributed by atoms with Gasteiger partial charge in [-0.2, -0.15) is 0 Å². The molecule has 0 spiro atoms. The zero-order valence-corrected chi connectivity index (χ0v) is 13.0. The van der Waals surface area contributed by atoms with E-state index in [9.17, 15) is 4.79 Å². The maximum atomic E-state index is 11.7. The van der Waals surface area contributed by atoms with Crippen LogP contribution in [0.3, 0.4) is 0 Å². The first-order chi connectivity index (χ1) is 10.3. The molecule has 1 N–H and O–H groups in total. The van der Waals surface area contributed by atoms with Gasteiger partial charge in [0.25, 0.3) is 5.91 Å². The molecule has 1 amide bonds. The number of thiazole rings is 1. The fraction of sp³-hybridized carbons (Fsp3) is 0.375. The number of nitrogens with zero attached hydrogens (tertiary/aromatic N) is 1. The summed E-state index contributed by atoms with van der Waals surface area (Å²) in [5.41, 5.74) is 1.78. The third-order valence-corrected chi connectivity index (χ3v) is 3.75. The third-order valence-electron chi connectivity index (χ3n) is 2.98. The SMILES string of the molecule is Cc1nc(C(=O)NCCCOCCc2ccccc2)cs1. The second-order valence-electron chi connectivity index (χ2n) is 4.71. The molecule has 0 aliphatic heterocycles. The minimum atomic E-state index is -0.108. The zero-order chi connectivity index (χ0) is 14.9. The molecular formula is C16H20N2O2S. The van der Waals surface area contributed by atoms with Crippen LogP contribution in [-0.2, 0) is 11.2 Å². The van der Waals surface area contributed by atoms with Gasteiger partial charge in [0.2, 0.25) is 0 Å². The minimum Gasteiger partial charge on any atom is -0.381 e. The molecule has 0 radical (unpaired) electrons. The predicted molar refractivity (Wildman–Crippen MR) is 84.8 cm³/mol. The lowest BCUT2D eigenvalue weighted by Crippen LogP contribution is -2.25. The number of ether oxygens (including phenoxy) is 1. The van der Waals surface area contributed by atoms with Crippen molar-refractivity contribution in [3.05, 3.63) is 52.0 Å². The maximum absolute atomic E-state index is 11.7. The maximum Gasteiger partial charge on any atom is 0.270 e. The Morgan fingerprint density at radius 1 is 1.29 bits per heavy atom. The van der Waals surface area contributed by atoms with Crippen molar-refractivity contribution in [3.8, 4) is 0 Å². The molecule has 0 bridgehead atoms. The summed E-state index contributed by atoms with van der Waals surface area (Å²) in [5, 5.41) is 5.53. The molecule has 2 aromatic rings. The van der Waals surface area contributed by atoms with Gasteiger partial charge in [0.15, 0.2) is 0 Å². The van der Waals surface area contributed by atoms with Gasteiger partial charge in [0.1, 0.15) is 5.69 Å². The molecule has 1 heterocycles. The zero-order valence-electron chi connectivity index (χ0n) is 12.2. The Labute approximate surface area is 129 Å². The Bertz CT molecular complexity index is 554. The molecule has 2 rings (SSSR count). The van der Waals surface area contributed by atoms with Crippen LogP contribution in [0.1, 0.15) is 27.5 Å². The average molecular weight is 304 g/mol. The smallest absolute Gasteiger partial charge is 0.270 e. The van der Waals surface area contributed by atoms with Gasteiger partial charge in [0, 0.05) is 18.5 Å². The number of rotatable bonds is 8. The summed E-state index contributed by atoms with van der Waals surface area (Å²) in [6, 6.07) is 10.3. The number of amides is 1. The molecule has 0 saturated carbocycles. The van der Waals surface area contributed by atoms with Crippen LogP contribution in [-0.4, -0.2) is 30.6 Å². The summed E-state index contributed by atoms with van der Waals surface area (Å²) in [6.07, 6.45) is 1.73. The number of nitrogens with one attached hydrogen (secondary N) is 1. The molecule has 0 saturated heterocycles. The van der Waals surface area contributed by atoms with Gasteiger partial charge < -0.3 is 10.1 Å². The molecule has 5 heteroatoms. The van der Waals surface area contributed by atoms with Crippen molar-refractivity contribution >= 4 is 17.2 Å². The van der Waals surface area contributed by atoms with Crippen LogP contribution in [0.15, 0.2) is 35.7 Å². The van der Waals surface area contributed by atoms with Crippen LogP contribution < -0.4 is 5.32 Å². The monoisotopic (exact) mass is 304 g/mol. The first-order valence-electron chi connectivity index (χ1n) is 7.07. The van der Waals surface area contributed by atoms with E-state index in [0.29, 0.717) is 25.5 Å². The molecule has 1 aromatic heterocycles. The molecule has 4 nitrogen and oxygen atoms in total. The lowest BCUT2D eigenvalue weighted by molar-refractivity contribution is 0.0938. The number of carbonyl (C=O) groups excluding carboxylic acids is 1. The van der Waals surface area contributed by atoms with Crippen LogP contribution in [0.4, 0.5) is 0 Å². The van der Waals surface area contributed by atoms with Crippen LogP contribution in [0, 0.1) is 6.92 Å². The summed E-state index contributed by atoms with van der Waals surface area (Å²) in [6.45, 7) is 3.87. The van der Waals surface area contributed by atoms with Gasteiger partial charge >= 0.3 is 0 Å². The summed E-state index contributed by atoms with van der Waals surface area (Å²) < 4.78 is 5.56. The van der Waals surface area contributed by atoms with E-state index in [1.807, 2.05) is 25.1 Å². The summed E-state index contributed by atoms with van der Waals surface area (Å²) in [5.74, 6) is -0.108. The molecule has 0 unspecified atom stereocenters. The molecular weight excluding hydrogens is 284 g/mol. The van der Waals surface area contributed by atoms with Gasteiger partial charge in [-0.15, -0.1) is 11.3 Å². The van der Waals surface area contributed by atoms with Gasteiger partial charge in [0.05, 0.1) is 11.6 Å². The van der Waals surface area contributed by atoms with Crippen LogP contribution in [0.2, 0.25) is 0 Å². The van der Waals surface area contributed by atoms with Gasteiger partial charge in [-0.1, -0.05) is 30.3 Å². The van der Waals surface area contributed by atoms with Crippen molar-refractivity contribution in [2.75, 3.05) is 19.8 Å². The number of aryl methyl sites for hydroxylation is 1. The Balaban J connectivity index is 1.51. The third kappa shape index (κ3) is 5.65. The topological polar surface area (TPSA) is 51.2 Å². The van der Waals surface area contributed by atoms with E-state index in [1.165, 1.54) is 16.9 Å². The van der Waals surface area contributed by atoms with Crippen molar-refractivity contribution in [1.29, 1.82) is 0 Å². The Hall–Kier alpha value is -1.72. The Morgan fingerprint density at radius 3 is 2.81 bits per heavy atom. The highest BCUT2D eigenvalue weighted by Crippen LogP contribution is 2.07. The van der Waals surface area contributed by atoms with Gasteiger partial charge in [-0.3, -0.25) is 4.79 Å². The standard InChI is InChI=1S/C16H20N2O2S/c1-13-18-15(12-21-13)16(19)17-9-5-10-20-11-8-14-6-3-2-4-7-14/h2-4,6-7,12H,5,8-11H2,1H3,(H,17,19). The second kappa shape index (κ2) is 8.54. The first kappa shape index (κ1) is 15.7. The number of benzene rings is 1. The molecule has 0 aliphatic rings. The van der Waals surface area contributed by atoms with E-state index in [1.54, 1.807) is 5.38 Å². The molecule has 0 aliphatic carbocycles. The second-order valence-corrected chi connectivity index (χ2v) is 5.77.